The van der Waals surface area contributed by atoms with Crippen LogP contribution in [0, 0.1) is 0 Å². The van der Waals surface area contributed by atoms with Crippen LogP contribution in [0.15, 0.2) is 0 Å². The lowest BCUT2D eigenvalue weighted by Crippen LogP contribution is -2.54. The van der Waals surface area contributed by atoms with Crippen LogP contribution in [-0.4, -0.2) is 29.8 Å². The minimum atomic E-state index is -0.435. The Hall–Kier alpha value is -0.770. The Morgan fingerprint density at radius 1 is 1.18 bits per heavy atom. The molecule has 1 amide bonds. The fourth-order valence-electron chi connectivity index (χ4n) is 3.11. The van der Waals surface area contributed by atoms with E-state index in [1.807, 2.05) is 20.8 Å². The lowest BCUT2D eigenvalue weighted by atomic mass is 9.89. The van der Waals surface area contributed by atoms with E-state index in [4.69, 9.17) is 4.74 Å². The average molecular weight is 312 g/mol. The third-order valence-electron chi connectivity index (χ3n) is 4.21. The molecule has 0 heterocycles. The number of unbranched alkanes of at least 4 members (excludes halogenated alkanes) is 2. The molecular formula is C18H36N2O2. The summed E-state index contributed by atoms with van der Waals surface area (Å²) in [4.78, 5) is 12.0. The predicted molar refractivity (Wildman–Crippen MR) is 92.2 cm³/mol. The Kier molecular flexibility index (Phi) is 8.23. The summed E-state index contributed by atoms with van der Waals surface area (Å²) in [5.74, 6) is 0. The van der Waals surface area contributed by atoms with E-state index in [1.54, 1.807) is 0 Å². The van der Waals surface area contributed by atoms with Crippen molar-refractivity contribution in [1.29, 1.82) is 0 Å². The van der Waals surface area contributed by atoms with Crippen LogP contribution in [-0.2, 0) is 4.74 Å². The smallest absolute Gasteiger partial charge is 0.407 e. The van der Waals surface area contributed by atoms with Crippen molar-refractivity contribution in [3.05, 3.63) is 0 Å². The van der Waals surface area contributed by atoms with Crippen LogP contribution in [0.3, 0.4) is 0 Å². The van der Waals surface area contributed by atoms with Gasteiger partial charge in [-0.1, -0.05) is 39.0 Å². The van der Waals surface area contributed by atoms with Gasteiger partial charge in [0, 0.05) is 18.1 Å². The quantitative estimate of drug-likeness (QED) is 0.686. The van der Waals surface area contributed by atoms with Crippen LogP contribution in [0.1, 0.15) is 86.0 Å². The zero-order valence-electron chi connectivity index (χ0n) is 15.2. The van der Waals surface area contributed by atoms with Gasteiger partial charge in [-0.05, 0) is 47.0 Å². The molecule has 0 bridgehead atoms. The molecule has 1 rings (SSSR count). The molecule has 1 aliphatic carbocycles. The molecule has 1 fully saturated rings. The topological polar surface area (TPSA) is 50.4 Å². The van der Waals surface area contributed by atoms with Crippen LogP contribution in [0.4, 0.5) is 4.79 Å². The second-order valence-electron chi connectivity index (χ2n) is 7.71. The van der Waals surface area contributed by atoms with Gasteiger partial charge in [0.25, 0.3) is 0 Å². The summed E-state index contributed by atoms with van der Waals surface area (Å²) in [6.45, 7) is 10.2. The Morgan fingerprint density at radius 3 is 2.41 bits per heavy atom. The number of amides is 1. The van der Waals surface area contributed by atoms with E-state index in [0.717, 1.165) is 12.8 Å². The average Bonchev–Trinajstić information content (AvgIpc) is 2.39. The van der Waals surface area contributed by atoms with Crippen molar-refractivity contribution in [1.82, 2.24) is 10.6 Å². The number of carbonyl (C=O) groups is 1. The Labute approximate surface area is 136 Å². The van der Waals surface area contributed by atoms with E-state index in [0.29, 0.717) is 12.1 Å². The third-order valence-corrected chi connectivity index (χ3v) is 4.21. The van der Waals surface area contributed by atoms with Crippen molar-refractivity contribution in [3.63, 3.8) is 0 Å². The first-order valence-electron chi connectivity index (χ1n) is 9.07. The minimum Gasteiger partial charge on any atom is -0.444 e. The fraction of sp³-hybridized carbons (Fsp3) is 0.944. The Morgan fingerprint density at radius 2 is 1.82 bits per heavy atom. The van der Waals surface area contributed by atoms with Gasteiger partial charge in [-0.15, -0.1) is 0 Å². The second kappa shape index (κ2) is 9.39. The highest BCUT2D eigenvalue weighted by Gasteiger charge is 2.28. The van der Waals surface area contributed by atoms with Crippen molar-refractivity contribution < 1.29 is 9.53 Å². The molecule has 0 aliphatic heterocycles. The zero-order chi connectivity index (χ0) is 16.6. The largest absolute Gasteiger partial charge is 0.444 e. The summed E-state index contributed by atoms with van der Waals surface area (Å²) in [6, 6.07) is 1.08. The maximum Gasteiger partial charge on any atom is 0.407 e. The molecule has 4 nitrogen and oxygen atoms in total. The second-order valence-corrected chi connectivity index (χ2v) is 7.71. The van der Waals surface area contributed by atoms with Gasteiger partial charge in [0.05, 0.1) is 0 Å². The number of hydrogen-bond acceptors (Lipinski definition) is 3. The minimum absolute atomic E-state index is 0.192. The number of nitrogens with one attached hydrogen (secondary N) is 2. The molecule has 2 N–H and O–H groups in total. The van der Waals surface area contributed by atoms with Crippen LogP contribution in [0.25, 0.3) is 0 Å². The van der Waals surface area contributed by atoms with Crippen LogP contribution >= 0.6 is 0 Å². The van der Waals surface area contributed by atoms with Crippen molar-refractivity contribution in [2.24, 2.45) is 0 Å². The molecule has 0 saturated heterocycles. The molecule has 130 valence electrons. The fourth-order valence-corrected chi connectivity index (χ4v) is 3.11. The first-order chi connectivity index (χ1) is 10.3. The maximum absolute atomic E-state index is 12.0. The van der Waals surface area contributed by atoms with Gasteiger partial charge in [0.15, 0.2) is 0 Å². The van der Waals surface area contributed by atoms with Gasteiger partial charge in [-0.2, -0.15) is 0 Å². The molecule has 1 aliphatic rings. The van der Waals surface area contributed by atoms with E-state index in [-0.39, 0.29) is 12.1 Å². The van der Waals surface area contributed by atoms with Gasteiger partial charge in [0.1, 0.15) is 5.60 Å². The number of hydrogen-bond donors (Lipinski definition) is 2. The van der Waals surface area contributed by atoms with Gasteiger partial charge >= 0.3 is 6.09 Å². The first kappa shape index (κ1) is 19.3. The maximum atomic E-state index is 12.0. The highest BCUT2D eigenvalue weighted by Crippen LogP contribution is 2.20. The molecule has 0 spiro atoms. The van der Waals surface area contributed by atoms with E-state index in [9.17, 15) is 4.79 Å². The summed E-state index contributed by atoms with van der Waals surface area (Å²) < 4.78 is 5.40. The third kappa shape index (κ3) is 8.02. The lowest BCUT2D eigenvalue weighted by Gasteiger charge is -2.35. The monoisotopic (exact) mass is 312 g/mol. The number of alkyl carbamates (subject to hydrolysis) is 1. The summed E-state index contributed by atoms with van der Waals surface area (Å²) in [5, 5.41) is 6.80. The summed E-state index contributed by atoms with van der Waals surface area (Å²) in [7, 11) is 0. The lowest BCUT2D eigenvalue weighted by molar-refractivity contribution is 0.0477. The molecule has 0 aromatic rings. The number of rotatable bonds is 7. The molecule has 0 aromatic heterocycles. The first-order valence-corrected chi connectivity index (χ1v) is 9.07. The van der Waals surface area contributed by atoms with Gasteiger partial charge < -0.3 is 15.4 Å². The number of ether oxygens (including phenoxy) is 1. The molecule has 0 aromatic carbocycles. The van der Waals surface area contributed by atoms with E-state index in [2.05, 4.69) is 24.5 Å². The Bertz CT molecular complexity index is 326. The van der Waals surface area contributed by atoms with Crippen molar-refractivity contribution in [2.45, 2.75) is 110 Å². The standard InChI is InChI=1S/C18H36N2O2/c1-6-7-8-11-14(2)19-15-12-9-10-13-16(15)20-17(21)22-18(3,4)5/h14-16,19H,6-13H2,1-5H3,(H,20,21)/t14?,15-,16-/m1/s1. The van der Waals surface area contributed by atoms with Gasteiger partial charge in [-0.25, -0.2) is 4.79 Å². The van der Waals surface area contributed by atoms with Gasteiger partial charge in [0.2, 0.25) is 0 Å². The van der Waals surface area contributed by atoms with Crippen LogP contribution in [0.2, 0.25) is 0 Å². The summed E-state index contributed by atoms with van der Waals surface area (Å²) in [5.41, 5.74) is -0.435. The zero-order valence-corrected chi connectivity index (χ0v) is 15.2. The van der Waals surface area contributed by atoms with E-state index >= 15 is 0 Å². The summed E-state index contributed by atoms with van der Waals surface area (Å²) >= 11 is 0. The van der Waals surface area contributed by atoms with Crippen molar-refractivity contribution in [2.75, 3.05) is 0 Å². The molecule has 4 heteroatoms. The molecule has 3 atom stereocenters. The van der Waals surface area contributed by atoms with Gasteiger partial charge in [-0.3, -0.25) is 0 Å². The molecule has 22 heavy (non-hydrogen) atoms. The van der Waals surface area contributed by atoms with Crippen LogP contribution in [0.5, 0.6) is 0 Å². The molecule has 1 unspecified atom stereocenters. The SMILES string of the molecule is CCCCCC(C)N[C@@H]1CCCC[C@H]1NC(=O)OC(C)(C)C. The molecule has 1 saturated carbocycles. The highest BCUT2D eigenvalue weighted by molar-refractivity contribution is 5.68. The molecule has 0 radical (unpaired) electrons. The summed E-state index contributed by atoms with van der Waals surface area (Å²) in [6.07, 6.45) is 9.37. The number of carbonyl (C=O) groups excluding carboxylic acids is 1. The van der Waals surface area contributed by atoms with Crippen molar-refractivity contribution >= 4 is 6.09 Å². The predicted octanol–water partition coefficient (Wildman–Crippen LogP) is 4.38. The Balaban J connectivity index is 2.43. The van der Waals surface area contributed by atoms with E-state index in [1.165, 1.54) is 38.5 Å². The molecular weight excluding hydrogens is 276 g/mol. The highest BCUT2D eigenvalue weighted by atomic mass is 16.6. The van der Waals surface area contributed by atoms with E-state index < -0.39 is 5.60 Å². The van der Waals surface area contributed by atoms with Crippen molar-refractivity contribution in [3.8, 4) is 0 Å². The normalized spacial score (nSPS) is 23.9. The van der Waals surface area contributed by atoms with Crippen LogP contribution < -0.4 is 10.6 Å².